The summed E-state index contributed by atoms with van der Waals surface area (Å²) in [7, 11) is 0. The zero-order valence-corrected chi connectivity index (χ0v) is 15.0. The van der Waals surface area contributed by atoms with E-state index < -0.39 is 11.6 Å². The lowest BCUT2D eigenvalue weighted by molar-refractivity contribution is 0.197. The highest BCUT2D eigenvalue weighted by Crippen LogP contribution is 2.27. The Hall–Kier alpha value is -2.70. The van der Waals surface area contributed by atoms with E-state index in [-0.39, 0.29) is 17.5 Å². The molecular weight excluding hydrogens is 340 g/mol. The second kappa shape index (κ2) is 7.27. The molecule has 0 aliphatic carbocycles. The topological polar surface area (TPSA) is 58.4 Å². The quantitative estimate of drug-likeness (QED) is 0.855. The molecule has 1 saturated heterocycles. The second-order valence-corrected chi connectivity index (χ2v) is 6.61. The van der Waals surface area contributed by atoms with Gasteiger partial charge in [-0.1, -0.05) is 35.9 Å². The third-order valence-electron chi connectivity index (χ3n) is 4.78. The van der Waals surface area contributed by atoms with Crippen molar-refractivity contribution >= 4 is 18.0 Å². The third kappa shape index (κ3) is 3.61. The first kappa shape index (κ1) is 18.1. The number of carbonyl (C=O) groups excluding carboxylic acids is 1. The fourth-order valence-corrected chi connectivity index (χ4v) is 2.99. The second-order valence-electron chi connectivity index (χ2n) is 6.61. The molecule has 7 heteroatoms. The maximum Gasteiger partial charge on any atom is 0.324 e. The molecule has 0 saturated carbocycles. The van der Waals surface area contributed by atoms with Crippen LogP contribution in [0.2, 0.25) is 0 Å². The Labute approximate surface area is 150 Å². The zero-order chi connectivity index (χ0) is 18.8. The number of aryl methyl sites for hydroxylation is 1. The van der Waals surface area contributed by atoms with Crippen molar-refractivity contribution < 1.29 is 18.1 Å². The van der Waals surface area contributed by atoms with E-state index in [1.165, 1.54) is 6.07 Å². The number of piperidine rings is 1. The van der Waals surface area contributed by atoms with E-state index in [0.717, 1.165) is 22.9 Å². The molecule has 1 aliphatic heterocycles. The van der Waals surface area contributed by atoms with Crippen molar-refractivity contribution in [3.05, 3.63) is 52.2 Å². The smallest absolute Gasteiger partial charge is 0.324 e. The molecule has 2 heterocycles. The Bertz CT molecular complexity index is 860. The van der Waals surface area contributed by atoms with Gasteiger partial charge in [-0.25, -0.2) is 13.6 Å². The van der Waals surface area contributed by atoms with Crippen molar-refractivity contribution in [1.29, 1.82) is 0 Å². The summed E-state index contributed by atoms with van der Waals surface area (Å²) in [5, 5.41) is 6.55. The first-order valence-electron chi connectivity index (χ1n) is 8.50. The molecule has 5 nitrogen and oxygen atoms in total. The molecule has 1 N–H and O–H groups in total. The number of amides is 2. The summed E-state index contributed by atoms with van der Waals surface area (Å²) in [6, 6.07) is 3.87. The van der Waals surface area contributed by atoms with Gasteiger partial charge in [0.05, 0.1) is 5.69 Å². The van der Waals surface area contributed by atoms with Crippen LogP contribution in [0, 0.1) is 31.4 Å². The number of urea groups is 1. The molecule has 1 unspecified atom stereocenters. The molecule has 1 aromatic carbocycles. The van der Waals surface area contributed by atoms with Gasteiger partial charge in [0.2, 0.25) is 5.88 Å². The molecule has 138 valence electrons. The van der Waals surface area contributed by atoms with Crippen molar-refractivity contribution in [1.82, 2.24) is 10.1 Å². The summed E-state index contributed by atoms with van der Waals surface area (Å²) in [4.78, 5) is 14.1. The first-order valence-corrected chi connectivity index (χ1v) is 8.50. The van der Waals surface area contributed by atoms with Gasteiger partial charge in [-0.15, -0.1) is 0 Å². The third-order valence-corrected chi connectivity index (χ3v) is 4.78. The molecule has 0 spiro atoms. The van der Waals surface area contributed by atoms with Gasteiger partial charge in [0.25, 0.3) is 0 Å². The fourth-order valence-electron chi connectivity index (χ4n) is 2.99. The Morgan fingerprint density at radius 2 is 2.15 bits per heavy atom. The van der Waals surface area contributed by atoms with Gasteiger partial charge < -0.3 is 9.42 Å². The van der Waals surface area contributed by atoms with Crippen molar-refractivity contribution in [3.63, 3.8) is 0 Å². The fraction of sp³-hybridized carbons (Fsp3) is 0.368. The van der Waals surface area contributed by atoms with Gasteiger partial charge in [-0.05, 0) is 32.3 Å². The highest BCUT2D eigenvalue weighted by atomic mass is 19.2. The lowest BCUT2D eigenvalue weighted by Gasteiger charge is -2.33. The lowest BCUT2D eigenvalue weighted by Crippen LogP contribution is -2.42. The average Bonchev–Trinajstić information content (AvgIpc) is 2.92. The number of hydrogen-bond donors (Lipinski definition) is 1. The van der Waals surface area contributed by atoms with E-state index >= 15 is 0 Å². The van der Waals surface area contributed by atoms with Gasteiger partial charge in [0, 0.05) is 24.2 Å². The molecule has 2 amide bonds. The molecule has 1 fully saturated rings. The number of anilines is 1. The summed E-state index contributed by atoms with van der Waals surface area (Å²) >= 11 is 0. The number of likely N-dealkylation sites (tertiary alicyclic amines) is 1. The van der Waals surface area contributed by atoms with E-state index in [1.807, 2.05) is 13.8 Å². The van der Waals surface area contributed by atoms with E-state index in [0.29, 0.717) is 25.4 Å². The van der Waals surface area contributed by atoms with Crippen molar-refractivity contribution in [2.24, 2.45) is 5.92 Å². The highest BCUT2D eigenvalue weighted by Gasteiger charge is 2.26. The molecule has 1 aromatic heterocycles. The predicted octanol–water partition coefficient (Wildman–Crippen LogP) is 4.53. The summed E-state index contributed by atoms with van der Waals surface area (Å²) in [6.07, 6.45) is 2.28. The Morgan fingerprint density at radius 3 is 2.81 bits per heavy atom. The van der Waals surface area contributed by atoms with E-state index in [2.05, 4.69) is 10.5 Å². The van der Waals surface area contributed by atoms with Gasteiger partial charge >= 0.3 is 6.03 Å². The molecule has 1 atom stereocenters. The number of halogens is 2. The van der Waals surface area contributed by atoms with Gasteiger partial charge in [0.1, 0.15) is 0 Å². The maximum atomic E-state index is 13.9. The molecule has 26 heavy (non-hydrogen) atoms. The monoisotopic (exact) mass is 361 g/mol. The summed E-state index contributed by atoms with van der Waals surface area (Å²) in [6.45, 7) is 6.58. The van der Waals surface area contributed by atoms with Crippen molar-refractivity contribution in [2.45, 2.75) is 27.2 Å². The lowest BCUT2D eigenvalue weighted by atomic mass is 9.91. The minimum atomic E-state index is -0.860. The molecule has 0 radical (unpaired) electrons. The van der Waals surface area contributed by atoms with Crippen LogP contribution in [0.1, 0.15) is 30.2 Å². The number of carbonyl (C=O) groups is 1. The van der Waals surface area contributed by atoms with Crippen LogP contribution in [0.5, 0.6) is 0 Å². The highest BCUT2D eigenvalue weighted by molar-refractivity contribution is 5.88. The zero-order valence-electron chi connectivity index (χ0n) is 15.0. The average molecular weight is 361 g/mol. The number of nitrogens with one attached hydrogen (secondary N) is 1. The van der Waals surface area contributed by atoms with E-state index in [4.69, 9.17) is 4.52 Å². The molecule has 1 aliphatic rings. The summed E-state index contributed by atoms with van der Waals surface area (Å²) in [5.41, 5.74) is 2.75. The Morgan fingerprint density at radius 1 is 1.38 bits per heavy atom. The Kier molecular flexibility index (Phi) is 5.06. The number of benzene rings is 1. The maximum absolute atomic E-state index is 13.9. The summed E-state index contributed by atoms with van der Waals surface area (Å²) in [5.74, 6) is -1.32. The first-order chi connectivity index (χ1) is 12.4. The van der Waals surface area contributed by atoms with Crippen LogP contribution in [0.25, 0.3) is 6.08 Å². The largest absolute Gasteiger partial charge is 0.338 e. The predicted molar refractivity (Wildman–Crippen MR) is 94.7 cm³/mol. The van der Waals surface area contributed by atoms with Gasteiger partial charge in [-0.3, -0.25) is 5.32 Å². The molecular formula is C19H21F2N3O2. The van der Waals surface area contributed by atoms with Crippen molar-refractivity contribution in [2.75, 3.05) is 18.4 Å². The summed E-state index contributed by atoms with van der Waals surface area (Å²) < 4.78 is 32.3. The molecule has 0 bridgehead atoms. The minimum absolute atomic E-state index is 0.0368. The van der Waals surface area contributed by atoms with Crippen LogP contribution >= 0.6 is 0 Å². The number of nitrogens with zero attached hydrogens (tertiary/aromatic N) is 2. The van der Waals surface area contributed by atoms with Crippen LogP contribution in [0.3, 0.4) is 0 Å². The van der Waals surface area contributed by atoms with Gasteiger partial charge in [-0.2, -0.15) is 0 Å². The number of rotatable bonds is 2. The SMILES string of the molecule is Cc1noc(NC(=O)N2CC/C(=C\c3cccc(F)c3F)C(C)C2)c1C. The van der Waals surface area contributed by atoms with Crippen molar-refractivity contribution in [3.8, 4) is 0 Å². The minimum Gasteiger partial charge on any atom is -0.338 e. The van der Waals surface area contributed by atoms with E-state index in [1.54, 1.807) is 24.0 Å². The van der Waals surface area contributed by atoms with E-state index in [9.17, 15) is 13.6 Å². The van der Waals surface area contributed by atoms with Gasteiger partial charge in [0.15, 0.2) is 11.6 Å². The Balaban J connectivity index is 1.68. The molecule has 3 rings (SSSR count). The number of hydrogen-bond acceptors (Lipinski definition) is 3. The number of aromatic nitrogens is 1. The standard InChI is InChI=1S/C19H21F2N3O2/c1-11-10-24(19(25)22-18-12(2)13(3)23-26-18)8-7-14(11)9-15-5-4-6-16(20)17(15)21/h4-6,9,11H,7-8,10H2,1-3H3,(H,22,25)/b14-9+. The van der Waals surface area contributed by atoms with Crippen LogP contribution in [0.15, 0.2) is 28.3 Å². The molecule has 2 aromatic rings. The normalized spacial score (nSPS) is 19.0. The van der Waals surface area contributed by atoms with Crippen LogP contribution in [-0.4, -0.2) is 29.2 Å². The van der Waals surface area contributed by atoms with Crippen LogP contribution in [0.4, 0.5) is 19.5 Å². The van der Waals surface area contributed by atoms with Crippen LogP contribution in [-0.2, 0) is 0 Å². The van der Waals surface area contributed by atoms with Crippen LogP contribution < -0.4 is 5.32 Å².